The molecule has 2 aromatic heterocycles. The Morgan fingerprint density at radius 1 is 1.32 bits per heavy atom. The highest BCUT2D eigenvalue weighted by Gasteiger charge is 2.11. The molecule has 0 fully saturated rings. The molecule has 0 spiro atoms. The highest BCUT2D eigenvalue weighted by Crippen LogP contribution is 2.30. The van der Waals surface area contributed by atoms with Gasteiger partial charge >= 0.3 is 0 Å². The minimum absolute atomic E-state index is 0.203. The number of nitrogens with zero attached hydrogens (tertiary/aromatic N) is 2. The van der Waals surface area contributed by atoms with Gasteiger partial charge in [-0.3, -0.25) is 15.4 Å². The van der Waals surface area contributed by atoms with E-state index in [0.29, 0.717) is 30.9 Å². The van der Waals surface area contributed by atoms with Crippen LogP contribution in [0.15, 0.2) is 42.0 Å². The molecule has 0 saturated carbocycles. The van der Waals surface area contributed by atoms with E-state index in [-0.39, 0.29) is 17.1 Å². The van der Waals surface area contributed by atoms with E-state index < -0.39 is 0 Å². The summed E-state index contributed by atoms with van der Waals surface area (Å²) in [5.74, 6) is 0.312. The summed E-state index contributed by atoms with van der Waals surface area (Å²) in [6.45, 7) is 2.70. The van der Waals surface area contributed by atoms with Crippen LogP contribution in [0.4, 0.5) is 4.39 Å². The second kappa shape index (κ2) is 8.90. The smallest absolute Gasteiger partial charge is 0.130 e. The fraction of sp³-hybridized carbons (Fsp3) is 0.250. The van der Waals surface area contributed by atoms with Crippen molar-refractivity contribution in [2.75, 3.05) is 20.2 Å². The summed E-state index contributed by atoms with van der Waals surface area (Å²) >= 11 is 1.58. The fourth-order valence-electron chi connectivity index (χ4n) is 2.81. The first-order valence-corrected chi connectivity index (χ1v) is 9.69. The molecule has 0 amide bonds. The van der Waals surface area contributed by atoms with Crippen molar-refractivity contribution in [2.24, 2.45) is 0 Å². The number of benzene rings is 1. The number of hydrogen-bond donors (Lipinski definition) is 3. The summed E-state index contributed by atoms with van der Waals surface area (Å²) in [6.07, 6.45) is 2.40. The third kappa shape index (κ3) is 4.52. The zero-order valence-electron chi connectivity index (χ0n) is 15.8. The summed E-state index contributed by atoms with van der Waals surface area (Å²) in [7, 11) is 1.75. The van der Waals surface area contributed by atoms with Gasteiger partial charge in [0.1, 0.15) is 22.9 Å². The maximum Gasteiger partial charge on any atom is 0.130 e. The first-order valence-electron chi connectivity index (χ1n) is 8.81. The molecule has 8 heteroatoms. The number of nitrogens with one attached hydrogen (secondary N) is 3. The highest BCUT2D eigenvalue weighted by molar-refractivity contribution is 7.09. The zero-order valence-corrected chi connectivity index (χ0v) is 16.6. The van der Waals surface area contributed by atoms with Crippen LogP contribution >= 0.6 is 11.3 Å². The Balaban J connectivity index is 1.88. The van der Waals surface area contributed by atoms with E-state index in [0.717, 1.165) is 16.1 Å². The molecule has 0 aliphatic rings. The Labute approximate surface area is 166 Å². The molecule has 3 aromatic rings. The van der Waals surface area contributed by atoms with Crippen molar-refractivity contribution in [3.8, 4) is 16.9 Å². The molecule has 0 aliphatic heterocycles. The molecule has 0 bridgehead atoms. The van der Waals surface area contributed by atoms with Crippen LogP contribution in [0.2, 0.25) is 0 Å². The molecule has 0 radical (unpaired) electrons. The molecule has 3 rings (SSSR count). The molecule has 0 atom stereocenters. The molecule has 0 aliphatic carbocycles. The van der Waals surface area contributed by atoms with Crippen LogP contribution in [-0.2, 0) is 6.42 Å². The number of thiazole rings is 1. The van der Waals surface area contributed by atoms with Gasteiger partial charge in [0.15, 0.2) is 0 Å². The van der Waals surface area contributed by atoms with E-state index in [1.54, 1.807) is 48.3 Å². The van der Waals surface area contributed by atoms with Gasteiger partial charge in [-0.2, -0.15) is 0 Å². The van der Waals surface area contributed by atoms with Gasteiger partial charge in [0.2, 0.25) is 0 Å². The molecule has 1 aromatic carbocycles. The molecular formula is C20H22FN5OS. The predicted molar refractivity (Wildman–Crippen MR) is 109 cm³/mol. The molecule has 2 heterocycles. The van der Waals surface area contributed by atoms with Crippen molar-refractivity contribution in [1.82, 2.24) is 14.9 Å². The molecular weight excluding hydrogens is 377 g/mol. The van der Waals surface area contributed by atoms with Crippen molar-refractivity contribution in [2.45, 2.75) is 13.3 Å². The van der Waals surface area contributed by atoms with Crippen molar-refractivity contribution in [3.63, 3.8) is 0 Å². The molecule has 28 heavy (non-hydrogen) atoms. The van der Waals surface area contributed by atoms with E-state index in [9.17, 15) is 4.39 Å². The lowest BCUT2D eigenvalue weighted by Crippen LogP contribution is -2.32. The van der Waals surface area contributed by atoms with Crippen LogP contribution in [0.5, 0.6) is 5.75 Å². The molecule has 3 N–H and O–H groups in total. The van der Waals surface area contributed by atoms with Crippen molar-refractivity contribution >= 4 is 17.2 Å². The number of rotatable bonds is 7. The first-order chi connectivity index (χ1) is 13.5. The maximum absolute atomic E-state index is 13.8. The predicted octanol–water partition coefficient (Wildman–Crippen LogP) is 3.20. The lowest BCUT2D eigenvalue weighted by molar-refractivity contribution is 0.322. The van der Waals surface area contributed by atoms with Crippen LogP contribution in [-0.4, -0.2) is 35.6 Å². The summed E-state index contributed by atoms with van der Waals surface area (Å²) in [5, 5.41) is 19.1. The Morgan fingerprint density at radius 2 is 2.14 bits per heavy atom. The van der Waals surface area contributed by atoms with Gasteiger partial charge in [0.25, 0.3) is 0 Å². The SMILES string of the molecule is CNCC(=N)n1cc(-c2ccc(F)cc2OCCc2scnc2C)ccc1=N. The standard InChI is InChI=1S/C20H22FN5OS/c1-13-18(28-12-25-13)7-8-27-17-9-15(21)4-5-16(17)14-3-6-19(22)26(11-14)20(23)10-24-2/h3-6,9,11-12,22-24H,7-8,10H2,1-2H3. The topological polar surface area (TPSA) is 86.8 Å². The lowest BCUT2D eigenvalue weighted by Gasteiger charge is -2.14. The quantitative estimate of drug-likeness (QED) is 0.421. The number of halogens is 1. The van der Waals surface area contributed by atoms with Crippen molar-refractivity contribution in [3.05, 3.63) is 63.9 Å². The van der Waals surface area contributed by atoms with Gasteiger partial charge in [-0.05, 0) is 38.2 Å². The monoisotopic (exact) mass is 399 g/mol. The number of aryl methyl sites for hydroxylation is 1. The van der Waals surface area contributed by atoms with Crippen molar-refractivity contribution in [1.29, 1.82) is 10.8 Å². The highest BCUT2D eigenvalue weighted by atomic mass is 32.1. The number of hydrogen-bond acceptors (Lipinski definition) is 6. The Bertz CT molecular complexity index is 1040. The summed E-state index contributed by atoms with van der Waals surface area (Å²) in [4.78, 5) is 5.38. The zero-order chi connectivity index (χ0) is 20.1. The third-order valence-electron chi connectivity index (χ3n) is 4.27. The summed E-state index contributed by atoms with van der Waals surface area (Å²) in [6, 6.07) is 7.81. The minimum atomic E-state index is -0.374. The van der Waals surface area contributed by atoms with Crippen LogP contribution in [0.25, 0.3) is 11.1 Å². The van der Waals surface area contributed by atoms with Gasteiger partial charge in [0.05, 0.1) is 24.4 Å². The van der Waals surface area contributed by atoms with Crippen LogP contribution in [0.3, 0.4) is 0 Å². The summed E-state index contributed by atoms with van der Waals surface area (Å²) < 4.78 is 21.2. The van der Waals surface area contributed by atoms with Crippen LogP contribution < -0.4 is 15.5 Å². The number of pyridine rings is 1. The fourth-order valence-corrected chi connectivity index (χ4v) is 3.57. The van der Waals surface area contributed by atoms with Gasteiger partial charge in [0, 0.05) is 34.7 Å². The third-order valence-corrected chi connectivity index (χ3v) is 5.26. The van der Waals surface area contributed by atoms with E-state index in [4.69, 9.17) is 15.6 Å². The van der Waals surface area contributed by atoms with Gasteiger partial charge in [-0.1, -0.05) is 0 Å². The molecule has 6 nitrogen and oxygen atoms in total. The second-order valence-electron chi connectivity index (χ2n) is 6.25. The minimum Gasteiger partial charge on any atom is -0.492 e. The number of aromatic nitrogens is 2. The second-order valence-corrected chi connectivity index (χ2v) is 7.19. The average molecular weight is 399 g/mol. The number of ether oxygens (including phenoxy) is 1. The first kappa shape index (κ1) is 19.9. The van der Waals surface area contributed by atoms with Gasteiger partial charge in [-0.25, -0.2) is 9.37 Å². The summed E-state index contributed by atoms with van der Waals surface area (Å²) in [5.41, 5.74) is 4.46. The van der Waals surface area contributed by atoms with E-state index in [2.05, 4.69) is 10.3 Å². The average Bonchev–Trinajstić information content (AvgIpc) is 3.08. The van der Waals surface area contributed by atoms with Gasteiger partial charge in [-0.15, -0.1) is 11.3 Å². The Kier molecular flexibility index (Phi) is 6.33. The molecule has 146 valence electrons. The van der Waals surface area contributed by atoms with Gasteiger partial charge < -0.3 is 10.1 Å². The van der Waals surface area contributed by atoms with E-state index >= 15 is 0 Å². The molecule has 0 unspecified atom stereocenters. The lowest BCUT2D eigenvalue weighted by atomic mass is 10.1. The Hall–Kier alpha value is -2.84. The van der Waals surface area contributed by atoms with Crippen LogP contribution in [0.1, 0.15) is 10.6 Å². The Morgan fingerprint density at radius 3 is 2.86 bits per heavy atom. The largest absolute Gasteiger partial charge is 0.492 e. The van der Waals surface area contributed by atoms with Crippen molar-refractivity contribution < 1.29 is 9.13 Å². The van der Waals surface area contributed by atoms with Crippen LogP contribution in [0, 0.1) is 23.6 Å². The number of likely N-dealkylation sites (N-methyl/N-ethyl adjacent to an activating group) is 1. The van der Waals surface area contributed by atoms with E-state index in [1.807, 2.05) is 6.92 Å². The normalized spacial score (nSPS) is 10.8. The molecule has 0 saturated heterocycles. The maximum atomic E-state index is 13.8. The van der Waals surface area contributed by atoms with E-state index in [1.165, 1.54) is 16.7 Å².